The first-order chi connectivity index (χ1) is 17.9. The standard InChI is InChI=1S/C29H31ClF2N4O/c1-16-26(29(37)34-9-8-33-27-20-11-17-10-18(13-20)14-21(27)12-17)35-36(25-7-6-23(31)15-24(25)32)28(16)19-2-4-22(30)5-3-19/h2-7,15,17-18,20-21,27,33H,8-14H2,1H3,(H,34,37). The SMILES string of the molecule is Cc1c(C(=O)NCCNC2C3CC4CC(C3)CC2C4)nn(-c2ccc(F)cc2F)c1-c1ccc(Cl)cc1. The van der Waals surface area contributed by atoms with E-state index in [9.17, 15) is 13.6 Å². The number of nitrogens with one attached hydrogen (secondary N) is 2. The largest absolute Gasteiger partial charge is 0.349 e. The first kappa shape index (κ1) is 24.6. The second-order valence-corrected chi connectivity index (χ2v) is 11.4. The maximum absolute atomic E-state index is 14.8. The molecule has 0 aliphatic heterocycles. The minimum absolute atomic E-state index is 0.0667. The normalized spacial score (nSPS) is 26.0. The van der Waals surface area contributed by atoms with Crippen LogP contribution >= 0.6 is 11.6 Å². The van der Waals surface area contributed by atoms with E-state index in [1.165, 1.54) is 48.9 Å². The van der Waals surface area contributed by atoms with Crippen molar-refractivity contribution < 1.29 is 13.6 Å². The third-order valence-electron chi connectivity index (χ3n) is 8.61. The second kappa shape index (κ2) is 9.84. The summed E-state index contributed by atoms with van der Waals surface area (Å²) in [7, 11) is 0. The van der Waals surface area contributed by atoms with E-state index in [0.717, 1.165) is 35.3 Å². The molecule has 4 aliphatic carbocycles. The molecule has 2 aromatic carbocycles. The van der Waals surface area contributed by atoms with Gasteiger partial charge in [0.1, 0.15) is 11.5 Å². The number of benzene rings is 2. The van der Waals surface area contributed by atoms with Gasteiger partial charge in [-0.3, -0.25) is 4.79 Å². The van der Waals surface area contributed by atoms with Crippen LogP contribution in [0.2, 0.25) is 5.02 Å². The van der Waals surface area contributed by atoms with Crippen molar-refractivity contribution in [3.05, 3.63) is 70.4 Å². The van der Waals surface area contributed by atoms with E-state index in [0.29, 0.717) is 35.4 Å². The molecule has 1 amide bonds. The summed E-state index contributed by atoms with van der Waals surface area (Å²) in [5.74, 6) is 1.65. The Balaban J connectivity index is 1.19. The van der Waals surface area contributed by atoms with Crippen LogP contribution in [-0.2, 0) is 0 Å². The number of halogens is 3. The molecule has 4 bridgehead atoms. The lowest BCUT2D eigenvalue weighted by atomic mass is 9.54. The summed E-state index contributed by atoms with van der Waals surface area (Å²) in [6.07, 6.45) is 6.83. The highest BCUT2D eigenvalue weighted by molar-refractivity contribution is 6.30. The zero-order valence-electron chi connectivity index (χ0n) is 20.8. The van der Waals surface area contributed by atoms with Crippen molar-refractivity contribution in [2.45, 2.75) is 45.1 Å². The Morgan fingerprint density at radius 1 is 1.00 bits per heavy atom. The smallest absolute Gasteiger partial charge is 0.272 e. The summed E-state index contributed by atoms with van der Waals surface area (Å²) >= 11 is 6.07. The van der Waals surface area contributed by atoms with Crippen LogP contribution in [0.1, 0.15) is 48.2 Å². The molecule has 194 valence electrons. The third kappa shape index (κ3) is 4.68. The van der Waals surface area contributed by atoms with E-state index in [2.05, 4.69) is 15.7 Å². The van der Waals surface area contributed by atoms with Crippen LogP contribution in [-0.4, -0.2) is 34.8 Å². The van der Waals surface area contributed by atoms with Crippen molar-refractivity contribution in [1.29, 1.82) is 0 Å². The molecule has 3 aromatic rings. The van der Waals surface area contributed by atoms with Crippen molar-refractivity contribution in [2.75, 3.05) is 13.1 Å². The molecular weight excluding hydrogens is 494 g/mol. The van der Waals surface area contributed by atoms with E-state index in [4.69, 9.17) is 11.6 Å². The fourth-order valence-corrected chi connectivity index (χ4v) is 7.37. The molecule has 0 spiro atoms. The summed E-state index contributed by atoms with van der Waals surface area (Å²) in [6.45, 7) is 2.97. The lowest BCUT2D eigenvalue weighted by molar-refractivity contribution is -0.0133. The van der Waals surface area contributed by atoms with Gasteiger partial charge in [-0.2, -0.15) is 5.10 Å². The fraction of sp³-hybridized carbons (Fsp3) is 0.448. The monoisotopic (exact) mass is 524 g/mol. The molecule has 4 aliphatic rings. The number of aromatic nitrogens is 2. The predicted octanol–water partition coefficient (Wildman–Crippen LogP) is 5.92. The zero-order chi connectivity index (χ0) is 25.7. The lowest BCUT2D eigenvalue weighted by Crippen LogP contribution is -2.55. The summed E-state index contributed by atoms with van der Waals surface area (Å²) in [5.41, 5.74) is 2.16. The summed E-state index contributed by atoms with van der Waals surface area (Å²) in [4.78, 5) is 13.2. The number of hydrogen-bond acceptors (Lipinski definition) is 3. The van der Waals surface area contributed by atoms with Gasteiger partial charge in [0.15, 0.2) is 11.5 Å². The van der Waals surface area contributed by atoms with Gasteiger partial charge in [-0.1, -0.05) is 23.7 Å². The van der Waals surface area contributed by atoms with E-state index in [1.807, 2.05) is 0 Å². The molecule has 0 unspecified atom stereocenters. The van der Waals surface area contributed by atoms with Crippen molar-refractivity contribution in [3.63, 3.8) is 0 Å². The highest BCUT2D eigenvalue weighted by Crippen LogP contribution is 2.53. The fourth-order valence-electron chi connectivity index (χ4n) is 7.24. The van der Waals surface area contributed by atoms with Crippen LogP contribution in [0.5, 0.6) is 0 Å². The molecule has 0 saturated heterocycles. The summed E-state index contributed by atoms with van der Waals surface area (Å²) < 4.78 is 29.7. The number of nitrogens with zero attached hydrogens (tertiary/aromatic N) is 2. The number of rotatable bonds is 7. The van der Waals surface area contributed by atoms with Gasteiger partial charge in [0.2, 0.25) is 0 Å². The quantitative estimate of drug-likeness (QED) is 0.377. The van der Waals surface area contributed by atoms with E-state index >= 15 is 0 Å². The molecule has 4 saturated carbocycles. The van der Waals surface area contributed by atoms with Crippen LogP contribution in [0.3, 0.4) is 0 Å². The average molecular weight is 525 g/mol. The molecule has 2 N–H and O–H groups in total. The zero-order valence-corrected chi connectivity index (χ0v) is 21.6. The summed E-state index contributed by atoms with van der Waals surface area (Å²) in [6, 6.07) is 10.9. The molecule has 1 heterocycles. The maximum atomic E-state index is 14.8. The lowest BCUT2D eigenvalue weighted by Gasteiger charge is -2.54. The van der Waals surface area contributed by atoms with Gasteiger partial charge in [0, 0.05) is 41.3 Å². The van der Waals surface area contributed by atoms with E-state index in [1.54, 1.807) is 31.2 Å². The van der Waals surface area contributed by atoms with Crippen molar-refractivity contribution >= 4 is 17.5 Å². The third-order valence-corrected chi connectivity index (χ3v) is 8.86. The highest BCUT2D eigenvalue weighted by atomic mass is 35.5. The van der Waals surface area contributed by atoms with Gasteiger partial charge in [-0.15, -0.1) is 0 Å². The molecule has 8 heteroatoms. The van der Waals surface area contributed by atoms with Crippen LogP contribution in [0.4, 0.5) is 8.78 Å². The minimum Gasteiger partial charge on any atom is -0.349 e. The van der Waals surface area contributed by atoms with Gasteiger partial charge < -0.3 is 10.6 Å². The Morgan fingerprint density at radius 2 is 1.68 bits per heavy atom. The molecule has 0 atom stereocenters. The molecule has 0 radical (unpaired) electrons. The second-order valence-electron chi connectivity index (χ2n) is 11.0. The van der Waals surface area contributed by atoms with E-state index in [-0.39, 0.29) is 17.3 Å². The summed E-state index contributed by atoms with van der Waals surface area (Å²) in [5, 5.41) is 11.8. The predicted molar refractivity (Wildman–Crippen MR) is 140 cm³/mol. The van der Waals surface area contributed by atoms with Crippen molar-refractivity contribution in [1.82, 2.24) is 20.4 Å². The molecule has 5 nitrogen and oxygen atoms in total. The number of hydrogen-bond donors (Lipinski definition) is 2. The Bertz CT molecular complexity index is 1290. The molecule has 4 fully saturated rings. The van der Waals surface area contributed by atoms with Crippen LogP contribution < -0.4 is 10.6 Å². The topological polar surface area (TPSA) is 59.0 Å². The molecule has 37 heavy (non-hydrogen) atoms. The van der Waals surface area contributed by atoms with Gasteiger partial charge in [-0.05, 0) is 87.0 Å². The van der Waals surface area contributed by atoms with Gasteiger partial charge in [0.05, 0.1) is 5.69 Å². The Morgan fingerprint density at radius 3 is 2.32 bits per heavy atom. The van der Waals surface area contributed by atoms with Crippen molar-refractivity contribution in [2.24, 2.45) is 23.7 Å². The Labute approximate surface area is 220 Å². The molecular formula is C29H31ClF2N4O. The molecule has 1 aromatic heterocycles. The first-order valence-corrected chi connectivity index (χ1v) is 13.6. The van der Waals surface area contributed by atoms with Crippen LogP contribution in [0, 0.1) is 42.2 Å². The Hall–Kier alpha value is -2.77. The first-order valence-electron chi connectivity index (χ1n) is 13.2. The molecule has 7 rings (SSSR count). The van der Waals surface area contributed by atoms with Crippen molar-refractivity contribution in [3.8, 4) is 16.9 Å². The number of amides is 1. The Kier molecular flexibility index (Phi) is 6.53. The highest BCUT2D eigenvalue weighted by Gasteiger charge is 2.47. The van der Waals surface area contributed by atoms with Gasteiger partial charge in [0.25, 0.3) is 5.91 Å². The number of carbonyl (C=O) groups is 1. The van der Waals surface area contributed by atoms with Crippen LogP contribution in [0.25, 0.3) is 16.9 Å². The minimum atomic E-state index is -0.760. The van der Waals surface area contributed by atoms with E-state index < -0.39 is 11.6 Å². The van der Waals surface area contributed by atoms with Gasteiger partial charge >= 0.3 is 0 Å². The van der Waals surface area contributed by atoms with Crippen LogP contribution in [0.15, 0.2) is 42.5 Å². The number of carbonyl (C=O) groups excluding carboxylic acids is 1. The average Bonchev–Trinajstić information content (AvgIpc) is 3.20. The van der Waals surface area contributed by atoms with Gasteiger partial charge in [-0.25, -0.2) is 13.5 Å². The maximum Gasteiger partial charge on any atom is 0.272 e.